The summed E-state index contributed by atoms with van der Waals surface area (Å²) in [5.41, 5.74) is 2.05. The van der Waals surface area contributed by atoms with Crippen molar-refractivity contribution < 1.29 is 14.0 Å². The van der Waals surface area contributed by atoms with Gasteiger partial charge in [0.25, 0.3) is 0 Å². The van der Waals surface area contributed by atoms with Crippen molar-refractivity contribution in [3.05, 3.63) is 127 Å². The minimum atomic E-state index is -3.31. The lowest BCUT2D eigenvalue weighted by molar-refractivity contribution is 0.462. The third-order valence-corrected chi connectivity index (χ3v) is 11.5. The van der Waals surface area contributed by atoms with Gasteiger partial charge >= 0.3 is 0 Å². The van der Waals surface area contributed by atoms with E-state index >= 15 is 4.57 Å². The van der Waals surface area contributed by atoms with Gasteiger partial charge in [-0.25, -0.2) is 0 Å². The van der Waals surface area contributed by atoms with E-state index in [-0.39, 0.29) is 0 Å². The molecule has 3 nitrogen and oxygen atoms in total. The largest absolute Gasteiger partial charge is 0.456 e. The first kappa shape index (κ1) is 22.0. The van der Waals surface area contributed by atoms with Crippen LogP contribution in [0.4, 0.5) is 0 Å². The SMILES string of the molecule is O=P12c3ccccc3Oc3cc(-c4cc5ccccc5c5ccccc45)cc(c31)Oc1ccc3ccccc3c12. The van der Waals surface area contributed by atoms with E-state index in [1.165, 1.54) is 10.8 Å². The number of fused-ring (bicyclic) bond motifs is 9. The van der Waals surface area contributed by atoms with Crippen LogP contribution in [0, 0.1) is 0 Å². The van der Waals surface area contributed by atoms with Gasteiger partial charge in [0.15, 0.2) is 7.14 Å². The number of ether oxygens (including phenoxy) is 2. The Kier molecular flexibility index (Phi) is 4.32. The average Bonchev–Trinajstić information content (AvgIpc) is 3.00. The Balaban J connectivity index is 1.38. The first-order chi connectivity index (χ1) is 19.7. The van der Waals surface area contributed by atoms with Crippen LogP contribution < -0.4 is 25.4 Å². The molecule has 0 bridgehead atoms. The van der Waals surface area contributed by atoms with E-state index in [0.717, 1.165) is 38.0 Å². The minimum absolute atomic E-state index is 0.588. The summed E-state index contributed by atoms with van der Waals surface area (Å²) in [5.74, 6) is 2.44. The van der Waals surface area contributed by atoms with Crippen molar-refractivity contribution >= 4 is 55.4 Å². The van der Waals surface area contributed by atoms with Gasteiger partial charge < -0.3 is 14.0 Å². The summed E-state index contributed by atoms with van der Waals surface area (Å²) >= 11 is 0. The van der Waals surface area contributed by atoms with Gasteiger partial charge in [0.2, 0.25) is 0 Å². The molecule has 2 aliphatic heterocycles. The van der Waals surface area contributed by atoms with Crippen LogP contribution in [0.25, 0.3) is 43.4 Å². The zero-order valence-corrected chi connectivity index (χ0v) is 22.2. The van der Waals surface area contributed by atoms with Crippen LogP contribution >= 0.6 is 7.14 Å². The molecule has 0 saturated heterocycles. The fourth-order valence-corrected chi connectivity index (χ4v) is 9.78. The molecule has 0 fully saturated rings. The molecule has 0 N–H and O–H groups in total. The quantitative estimate of drug-likeness (QED) is 0.157. The fraction of sp³-hybridized carbons (Fsp3) is 0. The van der Waals surface area contributed by atoms with Crippen LogP contribution in [-0.4, -0.2) is 0 Å². The van der Waals surface area contributed by atoms with Crippen LogP contribution in [-0.2, 0) is 4.57 Å². The minimum Gasteiger partial charge on any atom is -0.456 e. The summed E-state index contributed by atoms with van der Waals surface area (Å²) in [6.45, 7) is 0. The molecule has 7 aromatic carbocycles. The van der Waals surface area contributed by atoms with Gasteiger partial charge in [0.1, 0.15) is 28.3 Å². The Bertz CT molecular complexity index is 2250. The van der Waals surface area contributed by atoms with Gasteiger partial charge in [-0.05, 0) is 79.8 Å². The van der Waals surface area contributed by atoms with E-state index in [0.29, 0.717) is 33.6 Å². The molecule has 0 aromatic heterocycles. The maximum absolute atomic E-state index is 15.6. The predicted octanol–water partition coefficient (Wildman–Crippen LogP) is 8.66. The molecule has 1 unspecified atom stereocenters. The lowest BCUT2D eigenvalue weighted by Gasteiger charge is -2.35. The van der Waals surface area contributed by atoms with Gasteiger partial charge in [-0.2, -0.15) is 0 Å². The lowest BCUT2D eigenvalue weighted by Crippen LogP contribution is -2.35. The van der Waals surface area contributed by atoms with E-state index in [2.05, 4.69) is 60.7 Å². The highest BCUT2D eigenvalue weighted by atomic mass is 31.2. The van der Waals surface area contributed by atoms with Gasteiger partial charge in [-0.15, -0.1) is 0 Å². The van der Waals surface area contributed by atoms with Crippen molar-refractivity contribution in [1.82, 2.24) is 0 Å². The molecule has 0 aliphatic carbocycles. The highest BCUT2D eigenvalue weighted by molar-refractivity contribution is 7.86. The molecule has 1 atom stereocenters. The van der Waals surface area contributed by atoms with Crippen LogP contribution in [0.15, 0.2) is 127 Å². The lowest BCUT2D eigenvalue weighted by atomic mass is 9.93. The van der Waals surface area contributed by atoms with Crippen LogP contribution in [0.5, 0.6) is 23.0 Å². The number of rotatable bonds is 1. The first-order valence-electron chi connectivity index (χ1n) is 13.4. The van der Waals surface area contributed by atoms with Gasteiger partial charge in [0, 0.05) is 0 Å². The summed E-state index contributed by atoms with van der Waals surface area (Å²) in [7, 11) is -3.31. The van der Waals surface area contributed by atoms with Crippen LogP contribution in [0.3, 0.4) is 0 Å². The zero-order valence-electron chi connectivity index (χ0n) is 21.3. The Morgan fingerprint density at radius 2 is 1.07 bits per heavy atom. The second kappa shape index (κ2) is 7.85. The molecular weight excluding hydrogens is 511 g/mol. The van der Waals surface area contributed by atoms with Crippen molar-refractivity contribution in [2.24, 2.45) is 0 Å². The number of benzene rings is 7. The highest BCUT2D eigenvalue weighted by Gasteiger charge is 2.47. The van der Waals surface area contributed by atoms with E-state index in [1.807, 2.05) is 66.7 Å². The standard InChI is InChI=1S/C36H21O3P/c37-40-34-16-8-7-15-30(34)38-32-20-24(29-19-23-10-2-3-11-25(23)27-13-5-6-14-28(27)29)21-33(36(32)40)39-31-18-17-22-9-1-4-12-26(22)35(31)40/h1-21H. The first-order valence-corrected chi connectivity index (χ1v) is 15.1. The summed E-state index contributed by atoms with van der Waals surface area (Å²) in [6.07, 6.45) is 0. The molecule has 4 heteroatoms. The second-order valence-electron chi connectivity index (χ2n) is 10.4. The molecule has 0 spiro atoms. The molecule has 0 saturated carbocycles. The number of hydrogen-bond donors (Lipinski definition) is 0. The Hall–Kier alpha value is -4.85. The maximum Gasteiger partial charge on any atom is 0.186 e. The van der Waals surface area contributed by atoms with Gasteiger partial charge in [-0.3, -0.25) is 0 Å². The average molecular weight is 533 g/mol. The Labute approximate surface area is 230 Å². The van der Waals surface area contributed by atoms with Crippen LogP contribution in [0.1, 0.15) is 0 Å². The predicted molar refractivity (Wildman–Crippen MR) is 164 cm³/mol. The van der Waals surface area contributed by atoms with E-state index < -0.39 is 7.14 Å². The zero-order chi connectivity index (χ0) is 26.4. The van der Waals surface area contributed by atoms with Crippen molar-refractivity contribution in [1.29, 1.82) is 0 Å². The molecule has 188 valence electrons. The molecule has 2 heterocycles. The monoisotopic (exact) mass is 532 g/mol. The molecular formula is C36H21O3P. The normalized spacial score (nSPS) is 16.6. The molecule has 7 aromatic rings. The summed E-state index contributed by atoms with van der Waals surface area (Å²) in [6, 6.07) is 43.0. The van der Waals surface area contributed by atoms with Crippen LogP contribution in [0.2, 0.25) is 0 Å². The topological polar surface area (TPSA) is 35.5 Å². The summed E-state index contributed by atoms with van der Waals surface area (Å²) in [4.78, 5) is 0. The Morgan fingerprint density at radius 1 is 0.450 bits per heavy atom. The Morgan fingerprint density at radius 3 is 1.90 bits per heavy atom. The van der Waals surface area contributed by atoms with E-state index in [1.54, 1.807) is 0 Å². The van der Waals surface area contributed by atoms with Gasteiger partial charge in [0.05, 0.1) is 10.6 Å². The summed E-state index contributed by atoms with van der Waals surface area (Å²) in [5, 5.41) is 8.81. The molecule has 9 rings (SSSR count). The summed E-state index contributed by atoms with van der Waals surface area (Å²) < 4.78 is 28.8. The van der Waals surface area contributed by atoms with Crippen molar-refractivity contribution in [3.8, 4) is 34.1 Å². The van der Waals surface area contributed by atoms with Gasteiger partial charge in [-0.1, -0.05) is 91.0 Å². The van der Waals surface area contributed by atoms with Crippen molar-refractivity contribution in [2.45, 2.75) is 0 Å². The highest BCUT2D eigenvalue weighted by Crippen LogP contribution is 2.60. The fourth-order valence-electron chi connectivity index (χ4n) is 6.53. The second-order valence-corrected chi connectivity index (χ2v) is 13.0. The van der Waals surface area contributed by atoms with Crippen molar-refractivity contribution in [2.75, 3.05) is 0 Å². The smallest absolute Gasteiger partial charge is 0.186 e. The van der Waals surface area contributed by atoms with Crippen molar-refractivity contribution in [3.63, 3.8) is 0 Å². The number of hydrogen-bond acceptors (Lipinski definition) is 3. The molecule has 0 amide bonds. The maximum atomic E-state index is 15.6. The third-order valence-electron chi connectivity index (χ3n) is 8.26. The van der Waals surface area contributed by atoms with E-state index in [4.69, 9.17) is 9.47 Å². The molecule has 0 radical (unpaired) electrons. The molecule has 2 aliphatic rings. The van der Waals surface area contributed by atoms with E-state index in [9.17, 15) is 0 Å². The molecule has 40 heavy (non-hydrogen) atoms. The number of para-hydroxylation sites is 1. The third kappa shape index (κ3) is 2.82.